The van der Waals surface area contributed by atoms with Gasteiger partial charge in [-0.05, 0) is 12.8 Å². The van der Waals surface area contributed by atoms with Crippen LogP contribution in [-0.2, 0) is 0 Å². The van der Waals surface area contributed by atoms with Crippen molar-refractivity contribution in [1.29, 1.82) is 0 Å². The molecule has 0 amide bonds. The van der Waals surface area contributed by atoms with Gasteiger partial charge >= 0.3 is 0 Å². The Kier molecular flexibility index (Phi) is 8.79. The lowest BCUT2D eigenvalue weighted by Gasteiger charge is -2.03. The summed E-state index contributed by atoms with van der Waals surface area (Å²) in [5, 5.41) is 0. The summed E-state index contributed by atoms with van der Waals surface area (Å²) in [6.07, 6.45) is 4.44. The van der Waals surface area contributed by atoms with Gasteiger partial charge in [0.15, 0.2) is 16.8 Å². The van der Waals surface area contributed by atoms with Gasteiger partial charge in [-0.15, -0.1) is 0 Å². The maximum Gasteiger partial charge on any atom is 0.164 e. The molecule has 12 heavy (non-hydrogen) atoms. The van der Waals surface area contributed by atoms with Crippen LogP contribution in [-0.4, -0.2) is 31.9 Å². The van der Waals surface area contributed by atoms with Crippen molar-refractivity contribution in [2.75, 3.05) is 12.3 Å². The van der Waals surface area contributed by atoms with Crippen molar-refractivity contribution < 1.29 is 19.6 Å². The van der Waals surface area contributed by atoms with E-state index >= 15 is 0 Å². The minimum atomic E-state index is -1.73. The fourth-order valence-electron chi connectivity index (χ4n) is 0.860. The largest absolute Gasteiger partial charge is 0.350 e. The monoisotopic (exact) mass is 214 g/mol. The van der Waals surface area contributed by atoms with Crippen LogP contribution >= 0.6 is 16.8 Å². The summed E-state index contributed by atoms with van der Waals surface area (Å²) in [5.74, 6) is 0. The third-order valence-corrected chi connectivity index (χ3v) is 2.90. The van der Waals surface area contributed by atoms with Crippen LogP contribution in [0.1, 0.15) is 25.7 Å². The maximum absolute atomic E-state index is 8.54. The van der Waals surface area contributed by atoms with E-state index in [0.29, 0.717) is 12.3 Å². The average molecular weight is 214 g/mol. The van der Waals surface area contributed by atoms with Crippen molar-refractivity contribution >= 4 is 16.8 Å². The van der Waals surface area contributed by atoms with Gasteiger partial charge < -0.3 is 19.6 Å². The normalized spacial score (nSPS) is 11.5. The molecule has 0 bridgehead atoms. The first-order valence-corrected chi connectivity index (χ1v) is 6.80. The summed E-state index contributed by atoms with van der Waals surface area (Å²) < 4.78 is 0. The van der Waals surface area contributed by atoms with Gasteiger partial charge in [-0.3, -0.25) is 0 Å². The van der Waals surface area contributed by atoms with Gasteiger partial charge in [-0.25, -0.2) is 0 Å². The molecule has 0 aliphatic heterocycles. The van der Waals surface area contributed by atoms with Crippen molar-refractivity contribution in [1.82, 2.24) is 0 Å². The molecule has 0 aliphatic carbocycles. The highest BCUT2D eigenvalue weighted by molar-refractivity contribution is 7.45. The molecule has 0 aromatic rings. The highest BCUT2D eigenvalue weighted by Crippen LogP contribution is 2.26. The zero-order valence-corrected chi connectivity index (χ0v) is 8.71. The molecule has 4 N–H and O–H groups in total. The van der Waals surface area contributed by atoms with Gasteiger partial charge in [-0.1, -0.05) is 12.8 Å². The Morgan fingerprint density at radius 1 is 0.583 bits per heavy atom. The van der Waals surface area contributed by atoms with E-state index in [1.54, 1.807) is 0 Å². The predicted molar refractivity (Wildman–Crippen MR) is 50.9 cm³/mol. The molecule has 0 radical (unpaired) electrons. The molecule has 0 saturated carbocycles. The topological polar surface area (TPSA) is 80.9 Å². The molecule has 0 fully saturated rings. The number of hydrogen-bond acceptors (Lipinski definition) is 4. The first kappa shape index (κ1) is 12.7. The van der Waals surface area contributed by atoms with Gasteiger partial charge in [0.2, 0.25) is 0 Å². The molecule has 0 atom stereocenters. The lowest BCUT2D eigenvalue weighted by molar-refractivity contribution is 0.473. The van der Waals surface area contributed by atoms with Crippen molar-refractivity contribution in [3.8, 4) is 0 Å². The Hall–Kier alpha value is 0.700. The molecular weight excluding hydrogens is 198 g/mol. The van der Waals surface area contributed by atoms with Gasteiger partial charge in [0.25, 0.3) is 0 Å². The first-order chi connectivity index (χ1) is 5.63. The van der Waals surface area contributed by atoms with E-state index in [9.17, 15) is 0 Å². The van der Waals surface area contributed by atoms with E-state index in [4.69, 9.17) is 19.6 Å². The third kappa shape index (κ3) is 10.7. The summed E-state index contributed by atoms with van der Waals surface area (Å²) >= 11 is 0. The van der Waals surface area contributed by atoms with Gasteiger partial charge in [-0.2, -0.15) is 0 Å². The zero-order chi connectivity index (χ0) is 9.40. The van der Waals surface area contributed by atoms with E-state index in [1.807, 2.05) is 0 Å². The maximum atomic E-state index is 8.54. The Morgan fingerprint density at radius 3 is 1.17 bits per heavy atom. The second kappa shape index (κ2) is 8.31. The molecule has 4 nitrogen and oxygen atoms in total. The Labute approximate surface area is 75.1 Å². The van der Waals surface area contributed by atoms with Crippen LogP contribution in [0.4, 0.5) is 0 Å². The van der Waals surface area contributed by atoms with E-state index in [0.717, 1.165) is 25.7 Å². The lowest BCUT2D eigenvalue weighted by Crippen LogP contribution is -1.87. The summed E-state index contributed by atoms with van der Waals surface area (Å²) in [6, 6.07) is 0. The Bertz CT molecular complexity index is 87.5. The fourth-order valence-corrected chi connectivity index (χ4v) is 1.87. The van der Waals surface area contributed by atoms with Crippen LogP contribution in [0.25, 0.3) is 0 Å². The van der Waals surface area contributed by atoms with Crippen LogP contribution in [0.5, 0.6) is 0 Å². The van der Waals surface area contributed by atoms with Crippen LogP contribution in [0.2, 0.25) is 0 Å². The quantitative estimate of drug-likeness (QED) is 0.378. The lowest BCUT2D eigenvalue weighted by atomic mass is 10.2. The molecule has 0 rings (SSSR count). The van der Waals surface area contributed by atoms with Crippen molar-refractivity contribution in [3.05, 3.63) is 0 Å². The molecule has 0 aromatic carbocycles. The second-order valence-corrected chi connectivity index (χ2v) is 4.99. The molecule has 0 spiro atoms. The number of rotatable bonds is 7. The smallest absolute Gasteiger partial charge is 0.164 e. The summed E-state index contributed by atoms with van der Waals surface area (Å²) in [5.41, 5.74) is 0. The Balaban J connectivity index is 2.91. The van der Waals surface area contributed by atoms with Gasteiger partial charge in [0.1, 0.15) is 0 Å². The Morgan fingerprint density at radius 2 is 0.917 bits per heavy atom. The summed E-state index contributed by atoms with van der Waals surface area (Å²) in [6.45, 7) is 0. The highest BCUT2D eigenvalue weighted by Gasteiger charge is 1.99. The number of unbranched alkanes of at least 4 members (excludes halogenated alkanes) is 3. The average Bonchev–Trinajstić information content (AvgIpc) is 1.95. The first-order valence-electron chi connectivity index (χ1n) is 3.93. The number of hydrogen-bond donors (Lipinski definition) is 4. The van der Waals surface area contributed by atoms with Crippen LogP contribution in [0.15, 0.2) is 0 Å². The zero-order valence-electron chi connectivity index (χ0n) is 6.93. The summed E-state index contributed by atoms with van der Waals surface area (Å²) in [4.78, 5) is 34.2. The fraction of sp³-hybridized carbons (Fsp3) is 1.00. The molecule has 0 aromatic heterocycles. The van der Waals surface area contributed by atoms with E-state index in [1.165, 1.54) is 0 Å². The molecule has 0 unspecified atom stereocenters. The predicted octanol–water partition coefficient (Wildman–Crippen LogP) is 1.14. The van der Waals surface area contributed by atoms with Crippen LogP contribution in [0.3, 0.4) is 0 Å². The minimum Gasteiger partial charge on any atom is -0.350 e. The molecule has 0 aliphatic rings. The van der Waals surface area contributed by atoms with E-state index < -0.39 is 16.8 Å². The second-order valence-electron chi connectivity index (χ2n) is 2.61. The molecule has 74 valence electrons. The van der Waals surface area contributed by atoms with Crippen LogP contribution in [0, 0.1) is 0 Å². The van der Waals surface area contributed by atoms with Gasteiger partial charge in [0.05, 0.1) is 0 Å². The summed E-state index contributed by atoms with van der Waals surface area (Å²) in [7, 11) is -3.46. The standard InChI is InChI=1S/C6H16O4P2/c7-11(8)5-3-1-2-4-6-12(9)10/h7-10H,1-6H2. The SMILES string of the molecule is OP(O)CCCCCCP(O)O. The van der Waals surface area contributed by atoms with E-state index in [-0.39, 0.29) is 0 Å². The van der Waals surface area contributed by atoms with E-state index in [2.05, 4.69) is 0 Å². The minimum absolute atomic E-state index is 0.475. The van der Waals surface area contributed by atoms with Gasteiger partial charge in [0, 0.05) is 12.3 Å². The van der Waals surface area contributed by atoms with Crippen molar-refractivity contribution in [3.63, 3.8) is 0 Å². The molecule has 0 saturated heterocycles. The van der Waals surface area contributed by atoms with Crippen molar-refractivity contribution in [2.45, 2.75) is 25.7 Å². The third-order valence-electron chi connectivity index (χ3n) is 1.47. The molecule has 0 heterocycles. The highest BCUT2D eigenvalue weighted by atomic mass is 31.2. The molecule has 6 heteroatoms. The molecular formula is C6H16O4P2. The van der Waals surface area contributed by atoms with Crippen LogP contribution < -0.4 is 0 Å². The van der Waals surface area contributed by atoms with Crippen molar-refractivity contribution in [2.24, 2.45) is 0 Å².